The molecule has 0 aliphatic carbocycles. The van der Waals surface area contributed by atoms with Crippen LogP contribution in [-0.4, -0.2) is 23.7 Å². The molecule has 1 atom stereocenters. The average molecular weight is 285 g/mol. The van der Waals surface area contributed by atoms with Crippen molar-refractivity contribution in [2.24, 2.45) is 0 Å². The highest BCUT2D eigenvalue weighted by atomic mass is 32.1. The molecule has 19 heavy (non-hydrogen) atoms. The first-order valence-corrected chi connectivity index (χ1v) is 6.19. The number of halogens is 1. The summed E-state index contributed by atoms with van der Waals surface area (Å²) in [7, 11) is 0. The normalized spacial score (nSPS) is 11.3. The molecule has 7 heteroatoms. The van der Waals surface area contributed by atoms with E-state index >= 15 is 0 Å². The first-order chi connectivity index (χ1) is 9.02. The molecular formula is C12H16FN3O2S. The van der Waals surface area contributed by atoms with Crippen molar-refractivity contribution < 1.29 is 13.9 Å². The van der Waals surface area contributed by atoms with Gasteiger partial charge in [-0.05, 0) is 50.3 Å². The summed E-state index contributed by atoms with van der Waals surface area (Å²) < 4.78 is 18.0. The molecule has 1 rings (SSSR count). The Bertz CT molecular complexity index is 439. The Kier molecular flexibility index (Phi) is 6.01. The molecule has 0 saturated carbocycles. The number of hydrogen-bond donors (Lipinski definition) is 3. The molecule has 104 valence electrons. The van der Waals surface area contributed by atoms with Crippen LogP contribution in [0.2, 0.25) is 0 Å². The summed E-state index contributed by atoms with van der Waals surface area (Å²) >= 11 is 4.88. The van der Waals surface area contributed by atoms with Crippen LogP contribution in [0.25, 0.3) is 0 Å². The van der Waals surface area contributed by atoms with Crippen LogP contribution >= 0.6 is 12.2 Å². The molecule has 0 bridgehead atoms. The van der Waals surface area contributed by atoms with Crippen molar-refractivity contribution in [2.45, 2.75) is 20.0 Å². The standard InChI is InChI=1S/C12H16FN3O2S/c1-3-14-12(19)16-15-11(17)8(2)18-10-6-4-9(13)5-7-10/h4-8H,3H2,1-2H3,(H,15,17)(H2,14,16,19)/t8-/m0/s1. The Morgan fingerprint density at radius 2 is 2.00 bits per heavy atom. The Morgan fingerprint density at radius 1 is 1.37 bits per heavy atom. The first-order valence-electron chi connectivity index (χ1n) is 5.79. The van der Waals surface area contributed by atoms with E-state index in [2.05, 4.69) is 16.2 Å². The van der Waals surface area contributed by atoms with Crippen molar-refractivity contribution in [1.29, 1.82) is 0 Å². The van der Waals surface area contributed by atoms with Crippen LogP contribution in [0.15, 0.2) is 24.3 Å². The number of carbonyl (C=O) groups is 1. The van der Waals surface area contributed by atoms with Crippen molar-refractivity contribution in [2.75, 3.05) is 6.54 Å². The highest BCUT2D eigenvalue weighted by Crippen LogP contribution is 2.12. The van der Waals surface area contributed by atoms with E-state index in [1.54, 1.807) is 6.92 Å². The quantitative estimate of drug-likeness (QED) is 0.571. The van der Waals surface area contributed by atoms with Crippen LogP contribution in [0.4, 0.5) is 4.39 Å². The second kappa shape index (κ2) is 7.52. The molecule has 0 aliphatic heterocycles. The minimum absolute atomic E-state index is 0.324. The van der Waals surface area contributed by atoms with E-state index in [9.17, 15) is 9.18 Å². The molecule has 0 fully saturated rings. The summed E-state index contributed by atoms with van der Waals surface area (Å²) in [6.07, 6.45) is -0.734. The molecule has 0 saturated heterocycles. The van der Waals surface area contributed by atoms with E-state index in [4.69, 9.17) is 17.0 Å². The molecule has 1 amide bonds. The lowest BCUT2D eigenvalue weighted by Crippen LogP contribution is -2.50. The number of carbonyl (C=O) groups excluding carboxylic acids is 1. The third-order valence-corrected chi connectivity index (χ3v) is 2.38. The van der Waals surface area contributed by atoms with Crippen LogP contribution < -0.4 is 20.9 Å². The van der Waals surface area contributed by atoms with E-state index in [1.807, 2.05) is 6.92 Å². The van der Waals surface area contributed by atoms with Gasteiger partial charge in [-0.15, -0.1) is 0 Å². The molecule has 0 heterocycles. The van der Waals surface area contributed by atoms with Crippen molar-refractivity contribution >= 4 is 23.2 Å². The number of amides is 1. The number of nitrogens with one attached hydrogen (secondary N) is 3. The van der Waals surface area contributed by atoms with E-state index in [-0.39, 0.29) is 11.7 Å². The minimum Gasteiger partial charge on any atom is -0.481 e. The topological polar surface area (TPSA) is 62.4 Å². The van der Waals surface area contributed by atoms with Gasteiger partial charge in [0.05, 0.1) is 0 Å². The summed E-state index contributed by atoms with van der Waals surface area (Å²) in [4.78, 5) is 11.7. The molecule has 0 aromatic heterocycles. The second-order valence-electron chi connectivity index (χ2n) is 3.69. The SMILES string of the molecule is CCNC(=S)NNC(=O)[C@H](C)Oc1ccc(F)cc1. The highest BCUT2D eigenvalue weighted by Gasteiger charge is 2.14. The largest absolute Gasteiger partial charge is 0.481 e. The Morgan fingerprint density at radius 3 is 2.58 bits per heavy atom. The van der Waals surface area contributed by atoms with Crippen molar-refractivity contribution in [1.82, 2.24) is 16.2 Å². The monoisotopic (exact) mass is 285 g/mol. The summed E-state index contributed by atoms with van der Waals surface area (Å²) in [6.45, 7) is 4.12. The summed E-state index contributed by atoms with van der Waals surface area (Å²) in [5.74, 6) is -0.329. The third kappa shape index (κ3) is 5.52. The molecule has 3 N–H and O–H groups in total. The molecule has 0 spiro atoms. The van der Waals surface area contributed by atoms with Gasteiger partial charge in [-0.1, -0.05) is 0 Å². The molecule has 1 aromatic carbocycles. The number of hydrogen-bond acceptors (Lipinski definition) is 3. The molecule has 0 unspecified atom stereocenters. The maximum Gasteiger partial charge on any atom is 0.279 e. The maximum absolute atomic E-state index is 12.7. The van der Waals surface area contributed by atoms with Crippen molar-refractivity contribution in [3.8, 4) is 5.75 Å². The fourth-order valence-corrected chi connectivity index (χ4v) is 1.39. The van der Waals surface area contributed by atoms with E-state index in [0.29, 0.717) is 17.4 Å². The Labute approximate surface area is 116 Å². The van der Waals surface area contributed by atoms with Gasteiger partial charge in [0, 0.05) is 6.54 Å². The van der Waals surface area contributed by atoms with Gasteiger partial charge in [0.1, 0.15) is 11.6 Å². The second-order valence-corrected chi connectivity index (χ2v) is 4.10. The average Bonchev–Trinajstić information content (AvgIpc) is 2.39. The van der Waals surface area contributed by atoms with E-state index in [0.717, 1.165) is 0 Å². The highest BCUT2D eigenvalue weighted by molar-refractivity contribution is 7.80. The first kappa shape index (κ1) is 15.2. The summed E-state index contributed by atoms with van der Waals surface area (Å²) in [5.41, 5.74) is 4.95. The molecular weight excluding hydrogens is 269 g/mol. The molecule has 5 nitrogen and oxygen atoms in total. The molecule has 1 aromatic rings. The predicted molar refractivity (Wildman–Crippen MR) is 74.0 cm³/mol. The van der Waals surface area contributed by atoms with Crippen LogP contribution in [0, 0.1) is 5.82 Å². The lowest BCUT2D eigenvalue weighted by molar-refractivity contribution is -0.127. The lowest BCUT2D eigenvalue weighted by Gasteiger charge is -2.16. The number of hydrazine groups is 1. The molecule has 0 radical (unpaired) electrons. The third-order valence-electron chi connectivity index (χ3n) is 2.13. The zero-order chi connectivity index (χ0) is 14.3. The van der Waals surface area contributed by atoms with Crippen LogP contribution in [0.3, 0.4) is 0 Å². The van der Waals surface area contributed by atoms with Gasteiger partial charge in [-0.2, -0.15) is 0 Å². The Balaban J connectivity index is 2.40. The fourth-order valence-electron chi connectivity index (χ4n) is 1.20. The lowest BCUT2D eigenvalue weighted by atomic mass is 10.3. The van der Waals surface area contributed by atoms with Gasteiger partial charge in [0.2, 0.25) is 0 Å². The minimum atomic E-state index is -0.734. The number of thiocarbonyl (C=S) groups is 1. The van der Waals surface area contributed by atoms with Crippen LogP contribution in [-0.2, 0) is 4.79 Å². The summed E-state index contributed by atoms with van der Waals surface area (Å²) in [5, 5.41) is 3.14. The van der Waals surface area contributed by atoms with Gasteiger partial charge >= 0.3 is 0 Å². The predicted octanol–water partition coefficient (Wildman–Crippen LogP) is 1.11. The van der Waals surface area contributed by atoms with Gasteiger partial charge in [-0.25, -0.2) is 4.39 Å². The smallest absolute Gasteiger partial charge is 0.279 e. The van der Waals surface area contributed by atoms with Gasteiger partial charge < -0.3 is 10.1 Å². The summed E-state index contributed by atoms with van der Waals surface area (Å²) in [6, 6.07) is 5.43. The maximum atomic E-state index is 12.7. The number of benzene rings is 1. The van der Waals surface area contributed by atoms with Gasteiger partial charge in [-0.3, -0.25) is 15.6 Å². The van der Waals surface area contributed by atoms with E-state index < -0.39 is 6.10 Å². The zero-order valence-corrected chi connectivity index (χ0v) is 11.5. The number of ether oxygens (including phenoxy) is 1. The van der Waals surface area contributed by atoms with Crippen LogP contribution in [0.5, 0.6) is 5.75 Å². The van der Waals surface area contributed by atoms with Gasteiger partial charge in [0.15, 0.2) is 11.2 Å². The van der Waals surface area contributed by atoms with Gasteiger partial charge in [0.25, 0.3) is 5.91 Å². The number of rotatable bonds is 4. The van der Waals surface area contributed by atoms with Crippen LogP contribution in [0.1, 0.15) is 13.8 Å². The molecule has 0 aliphatic rings. The van der Waals surface area contributed by atoms with E-state index in [1.165, 1.54) is 24.3 Å². The fraction of sp³-hybridized carbons (Fsp3) is 0.333. The van der Waals surface area contributed by atoms with Crippen molar-refractivity contribution in [3.63, 3.8) is 0 Å². The zero-order valence-electron chi connectivity index (χ0n) is 10.7. The van der Waals surface area contributed by atoms with Crippen molar-refractivity contribution in [3.05, 3.63) is 30.1 Å². The Hall–Kier alpha value is -1.89.